The van der Waals surface area contributed by atoms with Gasteiger partial charge in [-0.15, -0.1) is 0 Å². The zero-order valence-electron chi connectivity index (χ0n) is 7.58. The molecule has 1 rings (SSSR count). The van der Waals surface area contributed by atoms with Gasteiger partial charge in [-0.2, -0.15) is 0 Å². The fourth-order valence-electron chi connectivity index (χ4n) is 0.904. The number of carbonyl (C=O) groups excluding carboxylic acids is 1. The molecule has 0 aliphatic carbocycles. The third-order valence-corrected chi connectivity index (χ3v) is 1.58. The Hall–Kier alpha value is -1.10. The van der Waals surface area contributed by atoms with Crippen LogP contribution in [0.4, 0.5) is 0 Å². The van der Waals surface area contributed by atoms with Crippen molar-refractivity contribution in [3.8, 4) is 0 Å². The van der Waals surface area contributed by atoms with E-state index in [0.717, 1.165) is 25.8 Å². The Balaban J connectivity index is 0.000000252. The SMILES string of the molecule is NCC(=O)O.O=C1CCCCCN1. The summed E-state index contributed by atoms with van der Waals surface area (Å²) in [6.07, 6.45) is 4.18. The van der Waals surface area contributed by atoms with E-state index in [0.29, 0.717) is 0 Å². The molecular formula is C8H16N2O3. The Bertz CT molecular complexity index is 161. The highest BCUT2D eigenvalue weighted by atomic mass is 16.4. The van der Waals surface area contributed by atoms with Crippen LogP contribution >= 0.6 is 0 Å². The molecule has 0 radical (unpaired) electrons. The van der Waals surface area contributed by atoms with Crippen molar-refractivity contribution in [2.75, 3.05) is 13.1 Å². The van der Waals surface area contributed by atoms with Crippen molar-refractivity contribution in [3.05, 3.63) is 0 Å². The molecule has 13 heavy (non-hydrogen) atoms. The van der Waals surface area contributed by atoms with Crippen molar-refractivity contribution in [2.24, 2.45) is 5.73 Å². The Morgan fingerprint density at radius 1 is 1.46 bits per heavy atom. The van der Waals surface area contributed by atoms with Crippen LogP contribution in [0.2, 0.25) is 0 Å². The summed E-state index contributed by atoms with van der Waals surface area (Å²) in [5, 5.41) is 10.4. The van der Waals surface area contributed by atoms with Crippen LogP contribution in [0.15, 0.2) is 0 Å². The zero-order chi connectivity index (χ0) is 10.1. The Morgan fingerprint density at radius 3 is 2.62 bits per heavy atom. The van der Waals surface area contributed by atoms with Crippen LogP contribution in [-0.2, 0) is 9.59 Å². The summed E-state index contributed by atoms with van der Waals surface area (Å²) >= 11 is 0. The molecule has 1 fully saturated rings. The number of carboxylic acids is 1. The van der Waals surface area contributed by atoms with Gasteiger partial charge in [0.1, 0.15) is 0 Å². The Labute approximate surface area is 77.3 Å². The van der Waals surface area contributed by atoms with Crippen LogP contribution in [-0.4, -0.2) is 30.1 Å². The summed E-state index contributed by atoms with van der Waals surface area (Å²) in [4.78, 5) is 19.8. The fourth-order valence-corrected chi connectivity index (χ4v) is 0.904. The van der Waals surface area contributed by atoms with Gasteiger partial charge in [-0.25, -0.2) is 0 Å². The topological polar surface area (TPSA) is 92.4 Å². The molecule has 4 N–H and O–H groups in total. The van der Waals surface area contributed by atoms with Gasteiger partial charge >= 0.3 is 5.97 Å². The summed E-state index contributed by atoms with van der Waals surface area (Å²) in [6.45, 7) is 0.610. The van der Waals surface area contributed by atoms with E-state index in [9.17, 15) is 9.59 Å². The summed E-state index contributed by atoms with van der Waals surface area (Å²) in [6, 6.07) is 0. The second-order valence-corrected chi connectivity index (χ2v) is 2.76. The molecule has 76 valence electrons. The average molecular weight is 188 g/mol. The molecule has 0 aromatic heterocycles. The lowest BCUT2D eigenvalue weighted by molar-refractivity contribution is -0.135. The van der Waals surface area contributed by atoms with E-state index in [-0.39, 0.29) is 12.5 Å². The second-order valence-electron chi connectivity index (χ2n) is 2.76. The number of nitrogens with two attached hydrogens (primary N) is 1. The maximum Gasteiger partial charge on any atom is 0.317 e. The van der Waals surface area contributed by atoms with E-state index in [4.69, 9.17) is 5.11 Å². The van der Waals surface area contributed by atoms with Crippen molar-refractivity contribution in [1.29, 1.82) is 0 Å². The number of carbonyl (C=O) groups is 2. The minimum atomic E-state index is -0.968. The number of hydrogen-bond donors (Lipinski definition) is 3. The molecule has 1 aliphatic heterocycles. The fraction of sp³-hybridized carbons (Fsp3) is 0.750. The first kappa shape index (κ1) is 11.9. The van der Waals surface area contributed by atoms with Gasteiger partial charge in [0.2, 0.25) is 5.91 Å². The van der Waals surface area contributed by atoms with E-state index in [1.165, 1.54) is 6.42 Å². The Kier molecular flexibility index (Phi) is 6.91. The predicted octanol–water partition coefficient (Wildman–Crippen LogP) is -0.294. The van der Waals surface area contributed by atoms with E-state index >= 15 is 0 Å². The number of rotatable bonds is 1. The summed E-state index contributed by atoms with van der Waals surface area (Å²) in [5.41, 5.74) is 4.57. The van der Waals surface area contributed by atoms with Crippen molar-refractivity contribution >= 4 is 11.9 Å². The van der Waals surface area contributed by atoms with E-state index in [2.05, 4.69) is 11.1 Å². The van der Waals surface area contributed by atoms with Gasteiger partial charge < -0.3 is 16.2 Å². The lowest BCUT2D eigenvalue weighted by atomic mass is 10.2. The van der Waals surface area contributed by atoms with E-state index < -0.39 is 5.97 Å². The minimum Gasteiger partial charge on any atom is -0.480 e. The number of aliphatic carboxylic acids is 1. The molecule has 5 heteroatoms. The average Bonchev–Trinajstić information content (AvgIpc) is 2.33. The molecule has 0 atom stereocenters. The van der Waals surface area contributed by atoms with Gasteiger partial charge in [0.15, 0.2) is 0 Å². The molecular weight excluding hydrogens is 172 g/mol. The van der Waals surface area contributed by atoms with Crippen LogP contribution < -0.4 is 11.1 Å². The number of carboxylic acid groups (broad SMARTS) is 1. The third-order valence-electron chi connectivity index (χ3n) is 1.58. The zero-order valence-corrected chi connectivity index (χ0v) is 7.58. The largest absolute Gasteiger partial charge is 0.480 e. The van der Waals surface area contributed by atoms with Gasteiger partial charge in [0.05, 0.1) is 6.54 Å². The summed E-state index contributed by atoms with van der Waals surface area (Å²) < 4.78 is 0. The van der Waals surface area contributed by atoms with Crippen molar-refractivity contribution in [1.82, 2.24) is 5.32 Å². The molecule has 5 nitrogen and oxygen atoms in total. The number of nitrogens with one attached hydrogen (secondary N) is 1. The molecule has 0 aromatic rings. The smallest absolute Gasteiger partial charge is 0.317 e. The molecule has 1 saturated heterocycles. The van der Waals surface area contributed by atoms with Crippen LogP contribution in [0.1, 0.15) is 25.7 Å². The normalized spacial score (nSPS) is 16.2. The van der Waals surface area contributed by atoms with Crippen molar-refractivity contribution in [2.45, 2.75) is 25.7 Å². The van der Waals surface area contributed by atoms with Crippen LogP contribution in [0.25, 0.3) is 0 Å². The molecule has 1 aliphatic rings. The van der Waals surface area contributed by atoms with E-state index in [1.807, 2.05) is 0 Å². The summed E-state index contributed by atoms with van der Waals surface area (Å²) in [5.74, 6) is -0.743. The highest BCUT2D eigenvalue weighted by molar-refractivity contribution is 5.75. The maximum atomic E-state index is 10.6. The molecule has 1 heterocycles. The van der Waals surface area contributed by atoms with Gasteiger partial charge in [-0.3, -0.25) is 9.59 Å². The van der Waals surface area contributed by atoms with Crippen LogP contribution in [0.3, 0.4) is 0 Å². The maximum absolute atomic E-state index is 10.6. The summed E-state index contributed by atoms with van der Waals surface area (Å²) in [7, 11) is 0. The highest BCUT2D eigenvalue weighted by Gasteiger charge is 2.03. The van der Waals surface area contributed by atoms with Gasteiger partial charge in [-0.1, -0.05) is 6.42 Å². The number of amides is 1. The first-order valence-electron chi connectivity index (χ1n) is 4.35. The first-order chi connectivity index (χ1) is 6.16. The Morgan fingerprint density at radius 2 is 2.08 bits per heavy atom. The first-order valence-corrected chi connectivity index (χ1v) is 4.35. The van der Waals surface area contributed by atoms with Crippen molar-refractivity contribution < 1.29 is 14.7 Å². The standard InChI is InChI=1S/C6H11NO.C2H5NO2/c8-6-4-2-1-3-5-7-6;3-1-2(4)5/h1-5H2,(H,7,8);1,3H2,(H,4,5). The van der Waals surface area contributed by atoms with Crippen molar-refractivity contribution in [3.63, 3.8) is 0 Å². The predicted molar refractivity (Wildman–Crippen MR) is 48.2 cm³/mol. The molecule has 0 unspecified atom stereocenters. The monoisotopic (exact) mass is 188 g/mol. The van der Waals surface area contributed by atoms with Crippen LogP contribution in [0.5, 0.6) is 0 Å². The lowest BCUT2D eigenvalue weighted by Gasteiger charge is -1.93. The van der Waals surface area contributed by atoms with Gasteiger partial charge in [0.25, 0.3) is 0 Å². The second kappa shape index (κ2) is 7.54. The minimum absolute atomic E-state index is 0.225. The number of hydrogen-bond acceptors (Lipinski definition) is 3. The van der Waals surface area contributed by atoms with Crippen LogP contribution in [0, 0.1) is 0 Å². The molecule has 0 spiro atoms. The van der Waals surface area contributed by atoms with Gasteiger partial charge in [0, 0.05) is 13.0 Å². The third kappa shape index (κ3) is 8.81. The highest BCUT2D eigenvalue weighted by Crippen LogP contribution is 2.02. The van der Waals surface area contributed by atoms with Gasteiger partial charge in [-0.05, 0) is 12.8 Å². The lowest BCUT2D eigenvalue weighted by Crippen LogP contribution is -2.21. The molecule has 1 amide bonds. The molecule has 0 aromatic carbocycles. The van der Waals surface area contributed by atoms with E-state index in [1.54, 1.807) is 0 Å². The molecule has 0 saturated carbocycles. The quantitative estimate of drug-likeness (QED) is 0.527. The molecule has 0 bridgehead atoms.